The Hall–Kier alpha value is -1.73. The van der Waals surface area contributed by atoms with Gasteiger partial charge in [0.1, 0.15) is 11.6 Å². The number of benzene rings is 1. The second kappa shape index (κ2) is 5.72. The van der Waals surface area contributed by atoms with Crippen LogP contribution in [0.25, 0.3) is 0 Å². The Morgan fingerprint density at radius 3 is 2.95 bits per heavy atom. The van der Waals surface area contributed by atoms with Gasteiger partial charge < -0.3 is 10.4 Å². The first-order valence-electron chi connectivity index (χ1n) is 6.68. The Morgan fingerprint density at radius 2 is 2.35 bits per heavy atom. The van der Waals surface area contributed by atoms with Gasteiger partial charge in [-0.3, -0.25) is 0 Å². The van der Waals surface area contributed by atoms with E-state index in [0.717, 1.165) is 12.8 Å². The molecule has 2 rings (SSSR count). The van der Waals surface area contributed by atoms with E-state index in [1.54, 1.807) is 18.2 Å². The fourth-order valence-corrected chi connectivity index (χ4v) is 3.06. The van der Waals surface area contributed by atoms with Crippen LogP contribution >= 0.6 is 11.6 Å². The second-order valence-electron chi connectivity index (χ2n) is 5.52. The van der Waals surface area contributed by atoms with E-state index in [2.05, 4.69) is 18.3 Å². The molecule has 5 heteroatoms. The summed E-state index contributed by atoms with van der Waals surface area (Å²) >= 11 is 5.95. The van der Waals surface area contributed by atoms with Crippen molar-refractivity contribution in [3.05, 3.63) is 28.8 Å². The molecule has 1 aromatic carbocycles. The van der Waals surface area contributed by atoms with Crippen LogP contribution in [0.2, 0.25) is 5.02 Å². The summed E-state index contributed by atoms with van der Waals surface area (Å²) in [5.74, 6) is -0.523. The van der Waals surface area contributed by atoms with Crippen LogP contribution in [0, 0.1) is 17.2 Å². The van der Waals surface area contributed by atoms with Crippen molar-refractivity contribution in [3.8, 4) is 6.07 Å². The molecule has 1 aliphatic rings. The highest BCUT2D eigenvalue weighted by Crippen LogP contribution is 2.36. The maximum atomic E-state index is 11.7. The second-order valence-corrected chi connectivity index (χ2v) is 5.95. The lowest BCUT2D eigenvalue weighted by Crippen LogP contribution is -2.49. The standard InChI is InChI=1S/C15H17ClN2O2/c1-10-3-2-6-15(8-10,14(19)20)18-13-7-12(16)5-4-11(13)9-17/h4-5,7,10,18H,2-3,6,8H2,1H3,(H,19,20). The molecule has 1 saturated carbocycles. The van der Waals surface area contributed by atoms with E-state index in [9.17, 15) is 9.90 Å². The highest BCUT2D eigenvalue weighted by atomic mass is 35.5. The minimum atomic E-state index is -1.01. The normalized spacial score (nSPS) is 25.8. The van der Waals surface area contributed by atoms with Gasteiger partial charge in [0.15, 0.2) is 0 Å². The lowest BCUT2D eigenvalue weighted by molar-refractivity contribution is -0.144. The molecule has 2 N–H and O–H groups in total. The molecule has 2 unspecified atom stereocenters. The molecule has 0 aromatic heterocycles. The molecule has 0 heterocycles. The monoisotopic (exact) mass is 292 g/mol. The highest BCUT2D eigenvalue weighted by Gasteiger charge is 2.42. The molecule has 0 radical (unpaired) electrons. The number of rotatable bonds is 3. The van der Waals surface area contributed by atoms with Crippen LogP contribution in [0.4, 0.5) is 5.69 Å². The molecule has 106 valence electrons. The van der Waals surface area contributed by atoms with Crippen LogP contribution in [-0.4, -0.2) is 16.6 Å². The average molecular weight is 293 g/mol. The predicted molar refractivity (Wildman–Crippen MR) is 77.8 cm³/mol. The Bertz CT molecular complexity index is 567. The summed E-state index contributed by atoms with van der Waals surface area (Å²) in [4.78, 5) is 11.7. The number of hydrogen-bond donors (Lipinski definition) is 2. The summed E-state index contributed by atoms with van der Waals surface area (Å²) in [6.45, 7) is 2.06. The molecule has 1 aromatic rings. The maximum Gasteiger partial charge on any atom is 0.329 e. The molecular weight excluding hydrogens is 276 g/mol. The van der Waals surface area contributed by atoms with Gasteiger partial charge >= 0.3 is 5.97 Å². The van der Waals surface area contributed by atoms with Gasteiger partial charge in [-0.05, 0) is 37.0 Å². The number of carboxylic acid groups (broad SMARTS) is 1. The van der Waals surface area contributed by atoms with E-state index in [1.165, 1.54) is 0 Å². The number of anilines is 1. The third-order valence-corrected chi connectivity index (χ3v) is 4.12. The first-order chi connectivity index (χ1) is 9.47. The van der Waals surface area contributed by atoms with Crippen molar-refractivity contribution < 1.29 is 9.90 Å². The van der Waals surface area contributed by atoms with E-state index >= 15 is 0 Å². The van der Waals surface area contributed by atoms with Crippen molar-refractivity contribution in [1.82, 2.24) is 0 Å². The van der Waals surface area contributed by atoms with Crippen LogP contribution < -0.4 is 5.32 Å². The quantitative estimate of drug-likeness (QED) is 0.892. The third kappa shape index (κ3) is 2.88. The molecule has 1 aliphatic carbocycles. The number of nitriles is 1. The lowest BCUT2D eigenvalue weighted by Gasteiger charge is -2.38. The molecule has 20 heavy (non-hydrogen) atoms. The number of carboxylic acids is 1. The van der Waals surface area contributed by atoms with Crippen molar-refractivity contribution in [1.29, 1.82) is 5.26 Å². The lowest BCUT2D eigenvalue weighted by atomic mass is 9.76. The van der Waals surface area contributed by atoms with Gasteiger partial charge in [-0.1, -0.05) is 31.4 Å². The zero-order chi connectivity index (χ0) is 14.8. The van der Waals surface area contributed by atoms with E-state index in [-0.39, 0.29) is 0 Å². The van der Waals surface area contributed by atoms with Gasteiger partial charge in [-0.15, -0.1) is 0 Å². The topological polar surface area (TPSA) is 73.1 Å². The Labute approximate surface area is 123 Å². The number of nitrogens with one attached hydrogen (secondary N) is 1. The molecular formula is C15H17ClN2O2. The average Bonchev–Trinajstić information content (AvgIpc) is 2.39. The number of hydrogen-bond acceptors (Lipinski definition) is 3. The van der Waals surface area contributed by atoms with Crippen molar-refractivity contribution in [3.63, 3.8) is 0 Å². The first-order valence-corrected chi connectivity index (χ1v) is 7.06. The zero-order valence-electron chi connectivity index (χ0n) is 11.3. The SMILES string of the molecule is CC1CCCC(Nc2cc(Cl)ccc2C#N)(C(=O)O)C1. The summed E-state index contributed by atoms with van der Waals surface area (Å²) in [7, 11) is 0. The molecule has 4 nitrogen and oxygen atoms in total. The van der Waals surface area contributed by atoms with E-state index in [1.807, 2.05) is 0 Å². The van der Waals surface area contributed by atoms with Gasteiger partial charge in [0, 0.05) is 5.02 Å². The largest absolute Gasteiger partial charge is 0.480 e. The van der Waals surface area contributed by atoms with E-state index in [4.69, 9.17) is 16.9 Å². The van der Waals surface area contributed by atoms with Crippen molar-refractivity contribution in [2.24, 2.45) is 5.92 Å². The Kier molecular flexibility index (Phi) is 4.20. The molecule has 1 fully saturated rings. The molecule has 0 saturated heterocycles. The first kappa shape index (κ1) is 14.7. The van der Waals surface area contributed by atoms with Gasteiger partial charge in [0.25, 0.3) is 0 Å². The van der Waals surface area contributed by atoms with Crippen molar-refractivity contribution in [2.45, 2.75) is 38.1 Å². The predicted octanol–water partition coefficient (Wildman–Crippen LogP) is 3.66. The number of halogens is 1. The number of carbonyl (C=O) groups is 1. The minimum Gasteiger partial charge on any atom is -0.480 e. The van der Waals surface area contributed by atoms with Gasteiger partial charge in [0.05, 0.1) is 11.3 Å². The fraction of sp³-hybridized carbons (Fsp3) is 0.467. The van der Waals surface area contributed by atoms with Gasteiger partial charge in [-0.2, -0.15) is 5.26 Å². The molecule has 0 amide bonds. The summed E-state index contributed by atoms with van der Waals surface area (Å²) in [5.41, 5.74) is -0.0988. The summed E-state index contributed by atoms with van der Waals surface area (Å²) in [6.07, 6.45) is 3.02. The Balaban J connectivity index is 2.36. The van der Waals surface area contributed by atoms with Crippen LogP contribution in [0.5, 0.6) is 0 Å². The fourth-order valence-electron chi connectivity index (χ4n) is 2.89. The van der Waals surface area contributed by atoms with Crippen LogP contribution in [0.1, 0.15) is 38.2 Å². The molecule has 0 bridgehead atoms. The molecule has 0 aliphatic heterocycles. The number of aliphatic carboxylic acids is 1. The highest BCUT2D eigenvalue weighted by molar-refractivity contribution is 6.30. The van der Waals surface area contributed by atoms with Gasteiger partial charge in [0.2, 0.25) is 0 Å². The van der Waals surface area contributed by atoms with Crippen LogP contribution in [0.15, 0.2) is 18.2 Å². The minimum absolute atomic E-state index is 0.345. The summed E-state index contributed by atoms with van der Waals surface area (Å²) < 4.78 is 0. The van der Waals surface area contributed by atoms with Crippen molar-refractivity contribution in [2.75, 3.05) is 5.32 Å². The van der Waals surface area contributed by atoms with Gasteiger partial charge in [-0.25, -0.2) is 4.79 Å². The van der Waals surface area contributed by atoms with Crippen molar-refractivity contribution >= 4 is 23.3 Å². The van der Waals surface area contributed by atoms with Crippen LogP contribution in [0.3, 0.4) is 0 Å². The van der Waals surface area contributed by atoms with E-state index in [0.29, 0.717) is 35.0 Å². The maximum absolute atomic E-state index is 11.7. The Morgan fingerprint density at radius 1 is 1.60 bits per heavy atom. The number of nitrogens with zero attached hydrogens (tertiary/aromatic N) is 1. The molecule has 2 atom stereocenters. The third-order valence-electron chi connectivity index (χ3n) is 3.88. The summed E-state index contributed by atoms with van der Waals surface area (Å²) in [5, 5.41) is 22.3. The molecule has 0 spiro atoms. The van der Waals surface area contributed by atoms with Crippen LogP contribution in [-0.2, 0) is 4.79 Å². The zero-order valence-corrected chi connectivity index (χ0v) is 12.1. The summed E-state index contributed by atoms with van der Waals surface area (Å²) in [6, 6.07) is 6.91. The van der Waals surface area contributed by atoms with E-state index < -0.39 is 11.5 Å². The smallest absolute Gasteiger partial charge is 0.329 e.